The zero-order valence-corrected chi connectivity index (χ0v) is 8.38. The number of aromatic nitrogens is 1. The first-order valence-corrected chi connectivity index (χ1v) is 5.14. The summed E-state index contributed by atoms with van der Waals surface area (Å²) >= 11 is 0. The van der Waals surface area contributed by atoms with Gasteiger partial charge in [-0.1, -0.05) is 18.2 Å². The lowest BCUT2D eigenvalue weighted by atomic mass is 10.1. The van der Waals surface area contributed by atoms with E-state index < -0.39 is 0 Å². The Hall–Kier alpha value is -1.28. The van der Waals surface area contributed by atoms with Crippen molar-refractivity contribution < 1.29 is 0 Å². The summed E-state index contributed by atoms with van der Waals surface area (Å²) in [7, 11) is 2.17. The maximum Gasteiger partial charge on any atom is 0.0483 e. The molecule has 2 aromatic rings. The predicted molar refractivity (Wildman–Crippen MR) is 58.3 cm³/mol. The summed E-state index contributed by atoms with van der Waals surface area (Å²) in [6.45, 7) is 2.13. The van der Waals surface area contributed by atoms with Crippen molar-refractivity contribution in [3.8, 4) is 0 Å². The molecule has 0 atom stereocenters. The highest BCUT2D eigenvalue weighted by atomic mass is 15.0. The molecule has 2 heterocycles. The Morgan fingerprint density at radius 3 is 3.07 bits per heavy atom. The van der Waals surface area contributed by atoms with E-state index in [1.54, 1.807) is 0 Å². The van der Waals surface area contributed by atoms with Gasteiger partial charge in [-0.2, -0.15) is 0 Å². The lowest BCUT2D eigenvalue weighted by Gasteiger charge is -2.14. The van der Waals surface area contributed by atoms with Crippen LogP contribution in [-0.4, -0.2) is 11.1 Å². The Balaban J connectivity index is 2.41. The number of hydrogen-bond donors (Lipinski definition) is 1. The second kappa shape index (κ2) is 2.85. The third-order valence-electron chi connectivity index (χ3n) is 3.18. The molecule has 2 heteroatoms. The highest BCUT2D eigenvalue weighted by Gasteiger charge is 2.16. The molecule has 0 unspecified atom stereocenters. The van der Waals surface area contributed by atoms with Crippen LogP contribution in [0.5, 0.6) is 0 Å². The van der Waals surface area contributed by atoms with E-state index in [2.05, 4.69) is 41.2 Å². The van der Waals surface area contributed by atoms with Crippen LogP contribution in [-0.2, 0) is 20.0 Å². The standard InChI is InChI=1S/C12H14N2/c1-14-11-5-3-2-4-9(11)10-8-13-7-6-12(10)14/h2-5,13H,6-8H2,1H3. The molecule has 0 saturated heterocycles. The second-order valence-corrected chi connectivity index (χ2v) is 3.93. The first kappa shape index (κ1) is 8.06. The number of nitrogens with zero attached hydrogens (tertiary/aromatic N) is 1. The molecule has 0 bridgehead atoms. The third kappa shape index (κ3) is 0.946. The van der Waals surface area contributed by atoms with Crippen LogP contribution in [0.1, 0.15) is 11.3 Å². The number of aryl methyl sites for hydroxylation is 1. The van der Waals surface area contributed by atoms with E-state index in [1.165, 1.54) is 22.2 Å². The Morgan fingerprint density at radius 2 is 2.14 bits per heavy atom. The molecule has 0 saturated carbocycles. The number of benzene rings is 1. The largest absolute Gasteiger partial charge is 0.347 e. The van der Waals surface area contributed by atoms with Gasteiger partial charge in [0.15, 0.2) is 0 Å². The van der Waals surface area contributed by atoms with Crippen LogP contribution in [0.4, 0.5) is 0 Å². The molecule has 1 N–H and O–H groups in total. The Morgan fingerprint density at radius 1 is 1.29 bits per heavy atom. The van der Waals surface area contributed by atoms with E-state index in [9.17, 15) is 0 Å². The first-order chi connectivity index (χ1) is 6.88. The summed E-state index contributed by atoms with van der Waals surface area (Å²) in [5.74, 6) is 0. The summed E-state index contributed by atoms with van der Waals surface area (Å²) in [6, 6.07) is 8.66. The van der Waals surface area contributed by atoms with Crippen molar-refractivity contribution in [1.29, 1.82) is 0 Å². The molecule has 1 aliphatic rings. The van der Waals surface area contributed by atoms with Gasteiger partial charge in [-0.15, -0.1) is 0 Å². The van der Waals surface area contributed by atoms with Gasteiger partial charge in [-0.05, 0) is 11.6 Å². The summed E-state index contributed by atoms with van der Waals surface area (Å²) < 4.78 is 2.34. The predicted octanol–water partition coefficient (Wildman–Crippen LogP) is 1.82. The average Bonchev–Trinajstić information content (AvgIpc) is 2.55. The summed E-state index contributed by atoms with van der Waals surface area (Å²) in [6.07, 6.45) is 1.15. The molecule has 0 amide bonds. The minimum atomic E-state index is 1.02. The minimum absolute atomic E-state index is 1.02. The van der Waals surface area contributed by atoms with E-state index in [0.717, 1.165) is 19.5 Å². The van der Waals surface area contributed by atoms with E-state index in [1.807, 2.05) is 0 Å². The van der Waals surface area contributed by atoms with Gasteiger partial charge < -0.3 is 9.88 Å². The van der Waals surface area contributed by atoms with Crippen LogP contribution >= 0.6 is 0 Å². The average molecular weight is 186 g/mol. The molecule has 72 valence electrons. The van der Waals surface area contributed by atoms with Crippen molar-refractivity contribution >= 4 is 10.9 Å². The van der Waals surface area contributed by atoms with E-state index in [4.69, 9.17) is 0 Å². The van der Waals surface area contributed by atoms with Crippen LogP contribution in [0.25, 0.3) is 10.9 Å². The number of hydrogen-bond acceptors (Lipinski definition) is 1. The van der Waals surface area contributed by atoms with Crippen molar-refractivity contribution in [3.63, 3.8) is 0 Å². The Labute approximate surface area is 83.5 Å². The number of fused-ring (bicyclic) bond motifs is 3. The molecule has 1 aromatic carbocycles. The molecule has 0 aliphatic carbocycles. The quantitative estimate of drug-likeness (QED) is 0.664. The fraction of sp³-hybridized carbons (Fsp3) is 0.333. The molecule has 14 heavy (non-hydrogen) atoms. The maximum atomic E-state index is 3.43. The van der Waals surface area contributed by atoms with Gasteiger partial charge in [-0.3, -0.25) is 0 Å². The summed E-state index contributed by atoms with van der Waals surface area (Å²) in [4.78, 5) is 0. The molecule has 1 aliphatic heterocycles. The van der Waals surface area contributed by atoms with Crippen molar-refractivity contribution in [3.05, 3.63) is 35.5 Å². The molecule has 1 aromatic heterocycles. The molecule has 3 rings (SSSR count). The molecule has 2 nitrogen and oxygen atoms in total. The smallest absolute Gasteiger partial charge is 0.0483 e. The van der Waals surface area contributed by atoms with Crippen molar-refractivity contribution in [2.75, 3.05) is 6.54 Å². The summed E-state index contributed by atoms with van der Waals surface area (Å²) in [5, 5.41) is 4.85. The highest BCUT2D eigenvalue weighted by Crippen LogP contribution is 2.26. The first-order valence-electron chi connectivity index (χ1n) is 5.14. The maximum absolute atomic E-state index is 3.43. The van der Waals surface area contributed by atoms with E-state index >= 15 is 0 Å². The van der Waals surface area contributed by atoms with E-state index in [0.29, 0.717) is 0 Å². The fourth-order valence-electron chi connectivity index (χ4n) is 2.46. The monoisotopic (exact) mass is 186 g/mol. The van der Waals surface area contributed by atoms with Gasteiger partial charge >= 0.3 is 0 Å². The normalized spacial score (nSPS) is 15.8. The van der Waals surface area contributed by atoms with Crippen LogP contribution < -0.4 is 5.32 Å². The van der Waals surface area contributed by atoms with Crippen LogP contribution in [0, 0.1) is 0 Å². The number of nitrogens with one attached hydrogen (secondary N) is 1. The molecule has 0 fully saturated rings. The molecular weight excluding hydrogens is 172 g/mol. The van der Waals surface area contributed by atoms with Crippen LogP contribution in [0.2, 0.25) is 0 Å². The summed E-state index contributed by atoms with van der Waals surface area (Å²) in [5.41, 5.74) is 4.36. The van der Waals surface area contributed by atoms with Gasteiger partial charge in [0.1, 0.15) is 0 Å². The van der Waals surface area contributed by atoms with Crippen molar-refractivity contribution in [1.82, 2.24) is 9.88 Å². The highest BCUT2D eigenvalue weighted by molar-refractivity contribution is 5.85. The van der Waals surface area contributed by atoms with Gasteiger partial charge in [-0.25, -0.2) is 0 Å². The number of rotatable bonds is 0. The fourth-order valence-corrected chi connectivity index (χ4v) is 2.46. The van der Waals surface area contributed by atoms with Crippen molar-refractivity contribution in [2.45, 2.75) is 13.0 Å². The number of para-hydroxylation sites is 1. The van der Waals surface area contributed by atoms with Gasteiger partial charge in [0.2, 0.25) is 0 Å². The minimum Gasteiger partial charge on any atom is -0.347 e. The van der Waals surface area contributed by atoms with Crippen LogP contribution in [0.3, 0.4) is 0 Å². The van der Waals surface area contributed by atoms with Gasteiger partial charge in [0, 0.05) is 43.2 Å². The molecule has 0 radical (unpaired) electrons. The zero-order valence-electron chi connectivity index (χ0n) is 8.38. The third-order valence-corrected chi connectivity index (χ3v) is 3.18. The lowest BCUT2D eigenvalue weighted by molar-refractivity contribution is 0.622. The van der Waals surface area contributed by atoms with Gasteiger partial charge in [0.25, 0.3) is 0 Å². The topological polar surface area (TPSA) is 17.0 Å². The van der Waals surface area contributed by atoms with Crippen molar-refractivity contribution in [2.24, 2.45) is 7.05 Å². The van der Waals surface area contributed by atoms with E-state index in [-0.39, 0.29) is 0 Å². The van der Waals surface area contributed by atoms with Gasteiger partial charge in [0.05, 0.1) is 0 Å². The van der Waals surface area contributed by atoms with Crippen LogP contribution in [0.15, 0.2) is 24.3 Å². The lowest BCUT2D eigenvalue weighted by Crippen LogP contribution is -2.24. The molecular formula is C12H14N2. The Bertz CT molecular complexity index is 482. The second-order valence-electron chi connectivity index (χ2n) is 3.93. The molecule has 0 spiro atoms. The zero-order chi connectivity index (χ0) is 9.54. The SMILES string of the molecule is Cn1c2c(c3ccccc31)CNCC2. The Kier molecular flexibility index (Phi) is 1.64.